The van der Waals surface area contributed by atoms with Gasteiger partial charge in [0.15, 0.2) is 0 Å². The van der Waals surface area contributed by atoms with Crippen LogP contribution in [0, 0.1) is 19.1 Å². The van der Waals surface area contributed by atoms with Gasteiger partial charge in [-0.25, -0.2) is 0 Å². The van der Waals surface area contributed by atoms with Crippen LogP contribution < -0.4 is 0 Å². The second kappa shape index (κ2) is 6.20. The van der Waals surface area contributed by atoms with Crippen molar-refractivity contribution < 1.29 is 0 Å². The fourth-order valence-corrected chi connectivity index (χ4v) is 1.49. The van der Waals surface area contributed by atoms with E-state index in [-0.39, 0.29) is 0 Å². The average Bonchev–Trinajstić information content (AvgIpc) is 2.18. The van der Waals surface area contributed by atoms with Crippen LogP contribution in [0.2, 0.25) is 0 Å². The Bertz CT molecular complexity index is 318. The van der Waals surface area contributed by atoms with E-state index in [1.165, 1.54) is 5.56 Å². The number of aryl methyl sites for hydroxylation is 1. The highest BCUT2D eigenvalue weighted by molar-refractivity contribution is 5.19. The van der Waals surface area contributed by atoms with Gasteiger partial charge in [0.2, 0.25) is 0 Å². The Morgan fingerprint density at radius 2 is 1.93 bits per heavy atom. The van der Waals surface area contributed by atoms with Gasteiger partial charge in [0, 0.05) is 19.6 Å². The van der Waals surface area contributed by atoms with Gasteiger partial charge in [-0.2, -0.15) is 0 Å². The van der Waals surface area contributed by atoms with Crippen LogP contribution in [-0.2, 0) is 6.54 Å². The summed E-state index contributed by atoms with van der Waals surface area (Å²) in [6.07, 6.45) is 3.81. The molecule has 1 aromatic rings. The largest absolute Gasteiger partial charge is 0.292 e. The fourth-order valence-electron chi connectivity index (χ4n) is 1.49. The van der Waals surface area contributed by atoms with Crippen molar-refractivity contribution in [2.45, 2.75) is 13.5 Å². The second-order valence-corrected chi connectivity index (χ2v) is 3.56. The molecule has 1 rings (SSSR count). The summed E-state index contributed by atoms with van der Waals surface area (Å²) in [5.41, 5.74) is 2.29. The number of benzene rings is 1. The van der Waals surface area contributed by atoms with E-state index in [1.807, 2.05) is 31.2 Å². The monoisotopic (exact) mass is 199 g/mol. The Hall–Kier alpha value is -1.34. The Morgan fingerprint density at radius 3 is 2.47 bits per heavy atom. The lowest BCUT2D eigenvalue weighted by atomic mass is 10.1. The van der Waals surface area contributed by atoms with Crippen LogP contribution in [0.15, 0.2) is 37.4 Å². The third-order valence-electron chi connectivity index (χ3n) is 2.08. The van der Waals surface area contributed by atoms with Crippen molar-refractivity contribution in [3.8, 4) is 0 Å². The maximum absolute atomic E-state index is 3.75. The number of nitrogens with zero attached hydrogens (tertiary/aromatic N) is 1. The van der Waals surface area contributed by atoms with Crippen LogP contribution in [0.25, 0.3) is 0 Å². The molecule has 0 aliphatic heterocycles. The van der Waals surface area contributed by atoms with Gasteiger partial charge >= 0.3 is 0 Å². The van der Waals surface area contributed by atoms with Crippen LogP contribution in [0.4, 0.5) is 0 Å². The van der Waals surface area contributed by atoms with Gasteiger partial charge in [0.25, 0.3) is 0 Å². The predicted octanol–water partition coefficient (Wildman–Crippen LogP) is 2.77. The summed E-state index contributed by atoms with van der Waals surface area (Å²) in [6, 6.07) is 10.3. The minimum Gasteiger partial charge on any atom is -0.292 e. The summed E-state index contributed by atoms with van der Waals surface area (Å²) in [5.74, 6) is 0. The predicted molar refractivity (Wildman–Crippen MR) is 64.5 cm³/mol. The molecule has 0 bridgehead atoms. The normalized spacial score (nSPS) is 10.3. The van der Waals surface area contributed by atoms with Crippen molar-refractivity contribution in [2.24, 2.45) is 0 Å². The van der Waals surface area contributed by atoms with E-state index in [9.17, 15) is 0 Å². The van der Waals surface area contributed by atoms with Gasteiger partial charge in [-0.3, -0.25) is 4.90 Å². The number of hydrogen-bond acceptors (Lipinski definition) is 1. The first-order valence-corrected chi connectivity index (χ1v) is 5.09. The van der Waals surface area contributed by atoms with E-state index in [0.717, 1.165) is 25.2 Å². The summed E-state index contributed by atoms with van der Waals surface area (Å²) < 4.78 is 0. The first-order chi connectivity index (χ1) is 7.26. The van der Waals surface area contributed by atoms with E-state index in [2.05, 4.69) is 30.2 Å². The quantitative estimate of drug-likeness (QED) is 0.637. The molecule has 0 aromatic heterocycles. The molecule has 0 heterocycles. The zero-order chi connectivity index (χ0) is 11.1. The standard InChI is InChI=1S/C14H17N/c1-4-9-15(10-5-2)12-14-8-6-7-13(3)11-14/h4-5,7-8H,1-2,9-10,12H2,3H3. The minimum atomic E-state index is 0.869. The highest BCUT2D eigenvalue weighted by Gasteiger charge is 2.02. The molecule has 0 aliphatic carbocycles. The van der Waals surface area contributed by atoms with Crippen molar-refractivity contribution in [3.63, 3.8) is 0 Å². The molecule has 78 valence electrons. The summed E-state index contributed by atoms with van der Waals surface area (Å²) in [7, 11) is 0. The molecule has 0 unspecified atom stereocenters. The molecule has 0 saturated carbocycles. The Balaban J connectivity index is 2.64. The molecule has 1 heteroatoms. The molecule has 2 radical (unpaired) electrons. The molecular formula is C14H17N. The maximum Gasteiger partial charge on any atom is 0.0246 e. The third kappa shape index (κ3) is 4.13. The van der Waals surface area contributed by atoms with E-state index < -0.39 is 0 Å². The molecule has 0 fully saturated rings. The highest BCUT2D eigenvalue weighted by atomic mass is 15.1. The van der Waals surface area contributed by atoms with E-state index in [1.54, 1.807) is 0 Å². The van der Waals surface area contributed by atoms with Crippen molar-refractivity contribution in [1.29, 1.82) is 0 Å². The Labute approximate surface area is 92.7 Å². The molecule has 1 nitrogen and oxygen atoms in total. The SMILES string of the molecule is C=CCN(CC=C)Cc1[c]c(C)c[c]c1. The smallest absolute Gasteiger partial charge is 0.0246 e. The average molecular weight is 199 g/mol. The van der Waals surface area contributed by atoms with Gasteiger partial charge in [-0.1, -0.05) is 18.2 Å². The lowest BCUT2D eigenvalue weighted by Gasteiger charge is -2.18. The first kappa shape index (κ1) is 11.7. The molecule has 0 saturated heterocycles. The minimum absolute atomic E-state index is 0.869. The lowest BCUT2D eigenvalue weighted by Crippen LogP contribution is -2.23. The summed E-state index contributed by atoms with van der Waals surface area (Å²) in [6.45, 7) is 12.1. The van der Waals surface area contributed by atoms with E-state index in [0.29, 0.717) is 0 Å². The topological polar surface area (TPSA) is 3.24 Å². The summed E-state index contributed by atoms with van der Waals surface area (Å²) in [4.78, 5) is 2.25. The van der Waals surface area contributed by atoms with Gasteiger partial charge in [-0.05, 0) is 36.2 Å². The fraction of sp³-hybridized carbons (Fsp3) is 0.286. The molecule has 15 heavy (non-hydrogen) atoms. The van der Waals surface area contributed by atoms with Crippen molar-refractivity contribution in [1.82, 2.24) is 4.90 Å². The van der Waals surface area contributed by atoms with Crippen LogP contribution in [0.3, 0.4) is 0 Å². The van der Waals surface area contributed by atoms with Gasteiger partial charge in [0.05, 0.1) is 0 Å². The molecule has 0 spiro atoms. The van der Waals surface area contributed by atoms with Gasteiger partial charge < -0.3 is 0 Å². The zero-order valence-electron chi connectivity index (χ0n) is 9.29. The molecule has 0 aliphatic rings. The molecular weight excluding hydrogens is 182 g/mol. The van der Waals surface area contributed by atoms with Crippen molar-refractivity contribution in [3.05, 3.63) is 60.7 Å². The van der Waals surface area contributed by atoms with Crippen LogP contribution in [0.1, 0.15) is 11.1 Å². The van der Waals surface area contributed by atoms with Crippen molar-refractivity contribution >= 4 is 0 Å². The van der Waals surface area contributed by atoms with Crippen LogP contribution in [-0.4, -0.2) is 18.0 Å². The van der Waals surface area contributed by atoms with Crippen molar-refractivity contribution in [2.75, 3.05) is 13.1 Å². The molecule has 0 amide bonds. The Kier molecular flexibility index (Phi) is 4.85. The van der Waals surface area contributed by atoms with Gasteiger partial charge in [-0.15, -0.1) is 13.2 Å². The summed E-state index contributed by atoms with van der Waals surface area (Å²) in [5, 5.41) is 0. The van der Waals surface area contributed by atoms with Gasteiger partial charge in [0.1, 0.15) is 0 Å². The molecule has 0 atom stereocenters. The lowest BCUT2D eigenvalue weighted by molar-refractivity contribution is 0.327. The third-order valence-corrected chi connectivity index (χ3v) is 2.08. The van der Waals surface area contributed by atoms with E-state index >= 15 is 0 Å². The maximum atomic E-state index is 3.75. The van der Waals surface area contributed by atoms with Crippen LogP contribution in [0.5, 0.6) is 0 Å². The van der Waals surface area contributed by atoms with Crippen LogP contribution >= 0.6 is 0 Å². The first-order valence-electron chi connectivity index (χ1n) is 5.09. The number of rotatable bonds is 6. The highest BCUT2D eigenvalue weighted by Crippen LogP contribution is 2.06. The zero-order valence-corrected chi connectivity index (χ0v) is 9.29. The number of hydrogen-bond donors (Lipinski definition) is 0. The molecule has 1 aromatic carbocycles. The molecule has 0 N–H and O–H groups in total. The Morgan fingerprint density at radius 1 is 1.27 bits per heavy atom. The van der Waals surface area contributed by atoms with E-state index in [4.69, 9.17) is 0 Å². The second-order valence-electron chi connectivity index (χ2n) is 3.56. The summed E-state index contributed by atoms with van der Waals surface area (Å²) >= 11 is 0.